The molecular weight excluding hydrogens is 349 g/mol. The van der Waals surface area contributed by atoms with Gasteiger partial charge in [0.2, 0.25) is 0 Å². The number of halogens is 2. The summed E-state index contributed by atoms with van der Waals surface area (Å²) >= 11 is 5.53. The average Bonchev–Trinajstić information content (AvgIpc) is 2.02. The molecule has 1 rings (SSSR count). The number of aliphatic carboxylic acids is 1. The highest BCUT2D eigenvalue weighted by Gasteiger charge is 2.01. The van der Waals surface area contributed by atoms with Crippen LogP contribution in [0.15, 0.2) is 22.7 Å². The molecule has 0 aliphatic heterocycles. The van der Waals surface area contributed by atoms with Crippen LogP contribution in [0.4, 0.5) is 5.69 Å². The summed E-state index contributed by atoms with van der Waals surface area (Å²) in [5.41, 5.74) is 0.794. The van der Waals surface area contributed by atoms with Crippen LogP contribution in [0.3, 0.4) is 0 Å². The Morgan fingerprint density at radius 2 is 2.31 bits per heavy atom. The third-order valence-corrected chi connectivity index (χ3v) is 2.69. The molecule has 1 aromatic rings. The first kappa shape index (κ1) is 10.8. The minimum Gasteiger partial charge on any atom is -0.480 e. The molecule has 0 heterocycles. The summed E-state index contributed by atoms with van der Waals surface area (Å²) in [6.45, 7) is -0.0702. The first-order valence-corrected chi connectivity index (χ1v) is 5.37. The number of rotatable bonds is 3. The fraction of sp³-hybridized carbons (Fsp3) is 0.125. The molecule has 0 aromatic heterocycles. The van der Waals surface area contributed by atoms with Crippen LogP contribution in [0.25, 0.3) is 0 Å². The van der Waals surface area contributed by atoms with Crippen LogP contribution in [-0.4, -0.2) is 17.6 Å². The Labute approximate surface area is 97.8 Å². The zero-order chi connectivity index (χ0) is 9.84. The monoisotopic (exact) mass is 355 g/mol. The second kappa shape index (κ2) is 4.80. The lowest BCUT2D eigenvalue weighted by atomic mass is 10.3. The van der Waals surface area contributed by atoms with Crippen molar-refractivity contribution in [1.82, 2.24) is 0 Å². The molecule has 0 aliphatic carbocycles. The summed E-state index contributed by atoms with van der Waals surface area (Å²) < 4.78 is 1.98. The van der Waals surface area contributed by atoms with E-state index in [9.17, 15) is 4.79 Å². The van der Waals surface area contributed by atoms with Crippen LogP contribution < -0.4 is 5.32 Å². The number of hydrogen-bond acceptors (Lipinski definition) is 2. The van der Waals surface area contributed by atoms with Crippen LogP contribution in [0, 0.1) is 3.57 Å². The molecule has 0 saturated carbocycles. The first-order chi connectivity index (χ1) is 6.09. The highest BCUT2D eigenvalue weighted by atomic mass is 127. The molecule has 13 heavy (non-hydrogen) atoms. The van der Waals surface area contributed by atoms with E-state index in [1.54, 1.807) is 0 Å². The van der Waals surface area contributed by atoms with Gasteiger partial charge in [-0.3, -0.25) is 4.79 Å². The molecule has 5 heteroatoms. The van der Waals surface area contributed by atoms with Crippen LogP contribution in [0.5, 0.6) is 0 Å². The molecular formula is C8H7BrINO2. The van der Waals surface area contributed by atoms with Gasteiger partial charge in [0.1, 0.15) is 6.54 Å². The Bertz CT molecular complexity index is 330. The lowest BCUT2D eigenvalue weighted by molar-refractivity contribution is -0.134. The van der Waals surface area contributed by atoms with Crippen LogP contribution >= 0.6 is 38.5 Å². The predicted molar refractivity (Wildman–Crippen MR) is 63.0 cm³/mol. The lowest BCUT2D eigenvalue weighted by Crippen LogP contribution is -2.12. The minimum absolute atomic E-state index is 0.0702. The van der Waals surface area contributed by atoms with Gasteiger partial charge in [0.05, 0.1) is 0 Å². The molecule has 3 nitrogen and oxygen atoms in total. The van der Waals surface area contributed by atoms with Gasteiger partial charge in [-0.05, 0) is 56.7 Å². The molecule has 0 amide bonds. The summed E-state index contributed by atoms with van der Waals surface area (Å²) in [5, 5.41) is 11.2. The van der Waals surface area contributed by atoms with Crippen molar-refractivity contribution in [2.45, 2.75) is 0 Å². The predicted octanol–water partition coefficient (Wildman–Crippen LogP) is 2.55. The largest absolute Gasteiger partial charge is 0.480 e. The highest BCUT2D eigenvalue weighted by Crippen LogP contribution is 2.23. The number of nitrogens with one attached hydrogen (secondary N) is 1. The summed E-state index contributed by atoms with van der Waals surface area (Å²) in [5.74, 6) is -0.870. The van der Waals surface area contributed by atoms with Gasteiger partial charge in [-0.1, -0.05) is 0 Å². The van der Waals surface area contributed by atoms with Crippen LogP contribution in [0.1, 0.15) is 0 Å². The van der Waals surface area contributed by atoms with Crippen molar-refractivity contribution in [3.05, 3.63) is 26.2 Å². The lowest BCUT2D eigenvalue weighted by Gasteiger charge is -2.05. The summed E-state index contributed by atoms with van der Waals surface area (Å²) in [7, 11) is 0. The molecule has 0 fully saturated rings. The summed E-state index contributed by atoms with van der Waals surface area (Å²) in [6, 6.07) is 5.68. The standard InChI is InChI=1S/C8H7BrINO2/c9-6-3-5(10)1-2-7(6)11-4-8(12)13/h1-3,11H,4H2,(H,12,13). The van der Waals surface area contributed by atoms with Crippen LogP contribution in [0.2, 0.25) is 0 Å². The number of carboxylic acids is 1. The molecule has 0 spiro atoms. The third kappa shape index (κ3) is 3.51. The van der Waals surface area contributed by atoms with Crippen LogP contribution in [-0.2, 0) is 4.79 Å². The second-order valence-electron chi connectivity index (χ2n) is 2.37. The summed E-state index contributed by atoms with van der Waals surface area (Å²) in [6.07, 6.45) is 0. The fourth-order valence-corrected chi connectivity index (χ4v) is 2.24. The third-order valence-electron chi connectivity index (χ3n) is 1.36. The Kier molecular flexibility index (Phi) is 3.98. The highest BCUT2D eigenvalue weighted by molar-refractivity contribution is 14.1. The van der Waals surface area contributed by atoms with Crippen molar-refractivity contribution in [2.24, 2.45) is 0 Å². The maximum Gasteiger partial charge on any atom is 0.322 e. The number of hydrogen-bond donors (Lipinski definition) is 2. The van der Waals surface area contributed by atoms with E-state index in [0.717, 1.165) is 13.7 Å². The van der Waals surface area contributed by atoms with E-state index in [1.165, 1.54) is 0 Å². The quantitative estimate of drug-likeness (QED) is 0.819. The zero-order valence-electron chi connectivity index (χ0n) is 6.55. The fourth-order valence-electron chi connectivity index (χ4n) is 0.804. The van der Waals surface area contributed by atoms with Gasteiger partial charge >= 0.3 is 5.97 Å². The molecule has 0 bridgehead atoms. The van der Waals surface area contributed by atoms with Gasteiger partial charge in [0, 0.05) is 13.7 Å². The Morgan fingerprint density at radius 3 is 2.85 bits per heavy atom. The first-order valence-electron chi connectivity index (χ1n) is 3.50. The molecule has 0 radical (unpaired) electrons. The minimum atomic E-state index is -0.870. The maximum atomic E-state index is 10.3. The van der Waals surface area contributed by atoms with Gasteiger partial charge in [-0.15, -0.1) is 0 Å². The molecule has 1 aromatic carbocycles. The maximum absolute atomic E-state index is 10.3. The SMILES string of the molecule is O=C(O)CNc1ccc(I)cc1Br. The number of benzene rings is 1. The van der Waals surface area contributed by atoms with Gasteiger partial charge in [-0.25, -0.2) is 0 Å². The Hall–Kier alpha value is -0.300. The number of anilines is 1. The normalized spacial score (nSPS) is 9.69. The van der Waals surface area contributed by atoms with E-state index in [1.807, 2.05) is 18.2 Å². The van der Waals surface area contributed by atoms with Gasteiger partial charge in [0.15, 0.2) is 0 Å². The van der Waals surface area contributed by atoms with E-state index in [2.05, 4.69) is 43.8 Å². The van der Waals surface area contributed by atoms with E-state index >= 15 is 0 Å². The van der Waals surface area contributed by atoms with Gasteiger partial charge < -0.3 is 10.4 Å². The number of carboxylic acid groups (broad SMARTS) is 1. The van der Waals surface area contributed by atoms with Gasteiger partial charge in [-0.2, -0.15) is 0 Å². The van der Waals surface area contributed by atoms with E-state index in [0.29, 0.717) is 0 Å². The molecule has 0 saturated heterocycles. The number of carbonyl (C=O) groups is 1. The van der Waals surface area contributed by atoms with Crippen molar-refractivity contribution in [1.29, 1.82) is 0 Å². The van der Waals surface area contributed by atoms with E-state index in [-0.39, 0.29) is 6.54 Å². The molecule has 70 valence electrons. The smallest absolute Gasteiger partial charge is 0.322 e. The van der Waals surface area contributed by atoms with Gasteiger partial charge in [0.25, 0.3) is 0 Å². The van der Waals surface area contributed by atoms with Crippen molar-refractivity contribution >= 4 is 50.2 Å². The summed E-state index contributed by atoms with van der Waals surface area (Å²) in [4.78, 5) is 10.3. The molecule has 2 N–H and O–H groups in total. The Morgan fingerprint density at radius 1 is 1.62 bits per heavy atom. The topological polar surface area (TPSA) is 49.3 Å². The molecule has 0 atom stereocenters. The molecule has 0 aliphatic rings. The van der Waals surface area contributed by atoms with Crippen molar-refractivity contribution < 1.29 is 9.90 Å². The van der Waals surface area contributed by atoms with E-state index in [4.69, 9.17) is 5.11 Å². The van der Waals surface area contributed by atoms with E-state index < -0.39 is 5.97 Å². The van der Waals surface area contributed by atoms with Crippen molar-refractivity contribution in [3.63, 3.8) is 0 Å². The average molecular weight is 356 g/mol. The zero-order valence-corrected chi connectivity index (χ0v) is 10.3. The second-order valence-corrected chi connectivity index (χ2v) is 4.47. The molecule has 0 unspecified atom stereocenters. The van der Waals surface area contributed by atoms with Crippen molar-refractivity contribution in [3.8, 4) is 0 Å². The Balaban J connectivity index is 2.72. The van der Waals surface area contributed by atoms with Crippen molar-refractivity contribution in [2.75, 3.05) is 11.9 Å².